The van der Waals surface area contributed by atoms with Crippen molar-refractivity contribution in [2.75, 3.05) is 13.2 Å². The highest BCUT2D eigenvalue weighted by atomic mass is 31.2. The van der Waals surface area contributed by atoms with Crippen LogP contribution in [0.1, 0.15) is 55.5 Å². The van der Waals surface area contributed by atoms with Gasteiger partial charge in [0.15, 0.2) is 0 Å². The summed E-state index contributed by atoms with van der Waals surface area (Å²) in [6.45, 7) is 3.99. The van der Waals surface area contributed by atoms with Crippen LogP contribution < -0.4 is 5.32 Å². The van der Waals surface area contributed by atoms with Crippen LogP contribution in [0.5, 0.6) is 0 Å². The molecule has 29 heavy (non-hydrogen) atoms. The number of ketones is 1. The highest BCUT2D eigenvalue weighted by Crippen LogP contribution is 2.51. The van der Waals surface area contributed by atoms with Crippen LogP contribution in [0.3, 0.4) is 0 Å². The molecule has 1 aromatic rings. The second-order valence-corrected chi connectivity index (χ2v) is 9.04. The second kappa shape index (κ2) is 10.7. The van der Waals surface area contributed by atoms with Gasteiger partial charge in [0, 0.05) is 18.4 Å². The van der Waals surface area contributed by atoms with Crippen LogP contribution in [-0.4, -0.2) is 42.0 Å². The molecule has 1 aliphatic carbocycles. The Labute approximate surface area is 170 Å². The third-order valence-electron chi connectivity index (χ3n) is 4.79. The molecule has 2 rings (SSSR count). The van der Waals surface area contributed by atoms with Gasteiger partial charge in [-0.2, -0.15) is 0 Å². The zero-order valence-corrected chi connectivity index (χ0v) is 17.7. The summed E-state index contributed by atoms with van der Waals surface area (Å²) < 4.78 is 23.1. The van der Waals surface area contributed by atoms with E-state index in [-0.39, 0.29) is 37.1 Å². The van der Waals surface area contributed by atoms with E-state index in [1.807, 2.05) is 0 Å². The van der Waals surface area contributed by atoms with Gasteiger partial charge >= 0.3 is 13.6 Å². The van der Waals surface area contributed by atoms with Crippen LogP contribution >= 0.6 is 7.60 Å². The fourth-order valence-corrected chi connectivity index (χ4v) is 5.16. The smallest absolute Gasteiger partial charge is 0.335 e. The SMILES string of the molecule is CCOP(=O)(Cc1ccc(C(=O)N[C@H](C(=O)O)[C@@H]2CCCC(=O)C2)cc1)OCC. The van der Waals surface area contributed by atoms with Crippen LogP contribution in [0.25, 0.3) is 0 Å². The second-order valence-electron chi connectivity index (χ2n) is 6.99. The molecule has 9 heteroatoms. The normalized spacial score (nSPS) is 18.3. The van der Waals surface area contributed by atoms with Crippen molar-refractivity contribution in [2.24, 2.45) is 5.92 Å². The van der Waals surface area contributed by atoms with Gasteiger partial charge in [-0.15, -0.1) is 0 Å². The molecule has 1 fully saturated rings. The number of aliphatic carboxylic acids is 1. The van der Waals surface area contributed by atoms with Gasteiger partial charge in [0.05, 0.1) is 19.4 Å². The van der Waals surface area contributed by atoms with E-state index in [9.17, 15) is 24.1 Å². The van der Waals surface area contributed by atoms with E-state index in [0.717, 1.165) is 0 Å². The van der Waals surface area contributed by atoms with Crippen LogP contribution in [0.4, 0.5) is 0 Å². The molecule has 0 aliphatic heterocycles. The first-order chi connectivity index (χ1) is 13.8. The summed E-state index contributed by atoms with van der Waals surface area (Å²) in [6, 6.07) is 5.25. The first kappa shape index (κ1) is 23.3. The van der Waals surface area contributed by atoms with E-state index in [4.69, 9.17) is 9.05 Å². The molecule has 2 atom stereocenters. The number of amides is 1. The van der Waals surface area contributed by atoms with Crippen LogP contribution in [0.15, 0.2) is 24.3 Å². The number of benzene rings is 1. The third kappa shape index (κ3) is 6.77. The Morgan fingerprint density at radius 1 is 1.21 bits per heavy atom. The van der Waals surface area contributed by atoms with Gasteiger partial charge in [0.2, 0.25) is 0 Å². The van der Waals surface area contributed by atoms with Crippen molar-refractivity contribution in [2.45, 2.75) is 51.7 Å². The van der Waals surface area contributed by atoms with Gasteiger partial charge in [0.25, 0.3) is 5.91 Å². The number of Topliss-reactive ketones (excluding diaryl/α,β-unsaturated/α-hetero) is 1. The fourth-order valence-electron chi connectivity index (χ4n) is 3.46. The minimum Gasteiger partial charge on any atom is -0.480 e. The highest BCUT2D eigenvalue weighted by Gasteiger charge is 2.33. The van der Waals surface area contributed by atoms with Gasteiger partial charge in [0.1, 0.15) is 11.8 Å². The summed E-state index contributed by atoms with van der Waals surface area (Å²) in [4.78, 5) is 35.8. The van der Waals surface area contributed by atoms with Crippen molar-refractivity contribution < 1.29 is 33.1 Å². The molecule has 0 spiro atoms. The molecule has 0 unspecified atom stereocenters. The predicted octanol–water partition coefficient (Wildman–Crippen LogP) is 3.40. The summed E-state index contributed by atoms with van der Waals surface area (Å²) >= 11 is 0. The van der Waals surface area contributed by atoms with Crippen molar-refractivity contribution in [3.63, 3.8) is 0 Å². The Morgan fingerprint density at radius 3 is 2.34 bits per heavy atom. The molecular formula is C20H28NO7P. The number of carboxylic acid groups (broad SMARTS) is 1. The predicted molar refractivity (Wildman–Crippen MR) is 107 cm³/mol. The van der Waals surface area contributed by atoms with Gasteiger partial charge in [-0.1, -0.05) is 12.1 Å². The summed E-state index contributed by atoms with van der Waals surface area (Å²) in [7, 11) is -3.25. The number of carbonyl (C=O) groups excluding carboxylic acids is 2. The standard InChI is InChI=1S/C20H28NO7P/c1-3-27-29(26,28-4-2)13-14-8-10-15(11-9-14)19(23)21-18(20(24)25)16-6-5-7-17(22)12-16/h8-11,16,18H,3-7,12-13H2,1-2H3,(H,21,23)(H,24,25)/t16-,18+/m1/s1. The van der Waals surface area contributed by atoms with E-state index in [2.05, 4.69) is 5.32 Å². The van der Waals surface area contributed by atoms with Crippen LogP contribution in [0, 0.1) is 5.92 Å². The first-order valence-electron chi connectivity index (χ1n) is 9.80. The lowest BCUT2D eigenvalue weighted by Crippen LogP contribution is -2.47. The third-order valence-corrected chi connectivity index (χ3v) is 6.84. The van der Waals surface area contributed by atoms with Crippen molar-refractivity contribution in [1.29, 1.82) is 0 Å². The number of carboxylic acids is 1. The van der Waals surface area contributed by atoms with Crippen LogP contribution in [0.2, 0.25) is 0 Å². The molecule has 8 nitrogen and oxygen atoms in total. The highest BCUT2D eigenvalue weighted by molar-refractivity contribution is 7.53. The van der Waals surface area contributed by atoms with Crippen molar-refractivity contribution in [3.8, 4) is 0 Å². The Bertz CT molecular complexity index is 768. The molecule has 0 aromatic heterocycles. The van der Waals surface area contributed by atoms with Gasteiger partial charge < -0.3 is 19.5 Å². The fraction of sp³-hybridized carbons (Fsp3) is 0.550. The lowest BCUT2D eigenvalue weighted by atomic mass is 9.83. The van der Waals surface area contributed by atoms with E-state index in [0.29, 0.717) is 24.8 Å². The molecular weight excluding hydrogens is 397 g/mol. The van der Waals surface area contributed by atoms with E-state index >= 15 is 0 Å². The molecule has 1 amide bonds. The molecule has 0 heterocycles. The molecule has 1 aliphatic rings. The average molecular weight is 425 g/mol. The maximum absolute atomic E-state index is 12.6. The number of hydrogen-bond acceptors (Lipinski definition) is 6. The monoisotopic (exact) mass is 425 g/mol. The molecule has 2 N–H and O–H groups in total. The number of carbonyl (C=O) groups is 3. The quantitative estimate of drug-likeness (QED) is 0.552. The number of rotatable bonds is 10. The zero-order chi connectivity index (χ0) is 21.4. The Kier molecular flexibility index (Phi) is 8.56. The Balaban J connectivity index is 2.06. The first-order valence-corrected chi connectivity index (χ1v) is 11.5. The average Bonchev–Trinajstić information content (AvgIpc) is 2.66. The lowest BCUT2D eigenvalue weighted by molar-refractivity contribution is -0.141. The molecule has 160 valence electrons. The topological polar surface area (TPSA) is 119 Å². The van der Waals surface area contributed by atoms with E-state index < -0.39 is 31.4 Å². The van der Waals surface area contributed by atoms with Gasteiger partial charge in [-0.05, 0) is 50.3 Å². The van der Waals surface area contributed by atoms with Crippen molar-refractivity contribution in [3.05, 3.63) is 35.4 Å². The molecule has 0 saturated heterocycles. The minimum atomic E-state index is -3.25. The molecule has 0 radical (unpaired) electrons. The van der Waals surface area contributed by atoms with Gasteiger partial charge in [-0.3, -0.25) is 14.2 Å². The summed E-state index contributed by atoms with van der Waals surface area (Å²) in [5.74, 6) is -2.05. The molecule has 1 saturated carbocycles. The minimum absolute atomic E-state index is 0.0270. The maximum Gasteiger partial charge on any atom is 0.335 e. The number of nitrogens with one attached hydrogen (secondary N) is 1. The van der Waals surface area contributed by atoms with E-state index in [1.165, 1.54) is 12.1 Å². The Hall–Kier alpha value is -2.02. The van der Waals surface area contributed by atoms with Gasteiger partial charge in [-0.25, -0.2) is 4.79 Å². The zero-order valence-electron chi connectivity index (χ0n) is 16.8. The van der Waals surface area contributed by atoms with Crippen molar-refractivity contribution >= 4 is 25.3 Å². The van der Waals surface area contributed by atoms with E-state index in [1.54, 1.807) is 26.0 Å². The summed E-state index contributed by atoms with van der Waals surface area (Å²) in [5.41, 5.74) is 0.962. The largest absolute Gasteiger partial charge is 0.480 e. The summed E-state index contributed by atoms with van der Waals surface area (Å²) in [6.07, 6.45) is 1.94. The molecule has 1 aromatic carbocycles. The van der Waals surface area contributed by atoms with Crippen LogP contribution in [-0.2, 0) is 29.4 Å². The maximum atomic E-state index is 12.6. The van der Waals surface area contributed by atoms with Crippen molar-refractivity contribution in [1.82, 2.24) is 5.32 Å². The number of hydrogen-bond donors (Lipinski definition) is 2. The summed E-state index contributed by atoms with van der Waals surface area (Å²) in [5, 5.41) is 12.0. The molecule has 0 bridgehead atoms. The lowest BCUT2D eigenvalue weighted by Gasteiger charge is -2.27. The Morgan fingerprint density at radius 2 is 1.83 bits per heavy atom.